The summed E-state index contributed by atoms with van der Waals surface area (Å²) in [6.45, 7) is 2.61. The van der Waals surface area contributed by atoms with Gasteiger partial charge in [-0.25, -0.2) is 17.7 Å². The Morgan fingerprint density at radius 3 is 2.44 bits per heavy atom. The monoisotopic (exact) mass is 457 g/mol. The van der Waals surface area contributed by atoms with E-state index in [1.165, 1.54) is 20.2 Å². The zero-order chi connectivity index (χ0) is 23.3. The number of ketones is 1. The summed E-state index contributed by atoms with van der Waals surface area (Å²) in [5.74, 6) is -0.0698. The number of carbonyl (C=O) groups excluding carboxylic acids is 2. The van der Waals surface area contributed by atoms with Crippen molar-refractivity contribution in [2.75, 3.05) is 14.1 Å². The van der Waals surface area contributed by atoms with Crippen LogP contribution in [0.5, 0.6) is 0 Å². The van der Waals surface area contributed by atoms with Crippen LogP contribution in [0.1, 0.15) is 42.4 Å². The Morgan fingerprint density at radius 2 is 1.78 bits per heavy atom. The summed E-state index contributed by atoms with van der Waals surface area (Å²) in [4.78, 5) is 29.0. The first-order valence-electron chi connectivity index (χ1n) is 10.4. The van der Waals surface area contributed by atoms with E-state index in [4.69, 9.17) is 4.74 Å². The van der Waals surface area contributed by atoms with Gasteiger partial charge in [0, 0.05) is 32.6 Å². The lowest BCUT2D eigenvalue weighted by molar-refractivity contribution is -0.145. The van der Waals surface area contributed by atoms with Crippen molar-refractivity contribution in [2.45, 2.75) is 44.2 Å². The van der Waals surface area contributed by atoms with E-state index in [0.29, 0.717) is 23.4 Å². The van der Waals surface area contributed by atoms with Gasteiger partial charge in [-0.1, -0.05) is 37.3 Å². The smallest absolute Gasteiger partial charge is 0.306 e. The van der Waals surface area contributed by atoms with Crippen molar-refractivity contribution >= 4 is 32.8 Å². The molecule has 0 saturated carbocycles. The maximum atomic E-state index is 12.4. The number of aromatic nitrogens is 2. The largest absolute Gasteiger partial charge is 0.457 e. The number of imidazole rings is 1. The highest BCUT2D eigenvalue weighted by Gasteiger charge is 2.20. The number of esters is 1. The minimum absolute atomic E-state index is 0.0209. The second-order valence-corrected chi connectivity index (χ2v) is 9.72. The summed E-state index contributed by atoms with van der Waals surface area (Å²) in [6, 6.07) is 13.6. The quantitative estimate of drug-likeness (QED) is 0.342. The number of hydrogen-bond acceptors (Lipinski definition) is 6. The summed E-state index contributed by atoms with van der Waals surface area (Å²) >= 11 is 0. The van der Waals surface area contributed by atoms with Crippen LogP contribution in [0.4, 0.5) is 0 Å². The van der Waals surface area contributed by atoms with Gasteiger partial charge in [-0.05, 0) is 24.6 Å². The molecule has 1 aromatic heterocycles. The summed E-state index contributed by atoms with van der Waals surface area (Å²) in [6.07, 6.45) is 0.878. The molecule has 8 nitrogen and oxygen atoms in total. The number of ether oxygens (including phenoxy) is 1. The Labute approximate surface area is 187 Å². The third kappa shape index (κ3) is 5.23. The Morgan fingerprint density at radius 1 is 1.06 bits per heavy atom. The molecule has 9 heteroatoms. The van der Waals surface area contributed by atoms with Gasteiger partial charge in [-0.3, -0.25) is 9.59 Å². The predicted molar refractivity (Wildman–Crippen MR) is 121 cm³/mol. The first-order chi connectivity index (χ1) is 15.2. The van der Waals surface area contributed by atoms with Gasteiger partial charge in [-0.2, -0.15) is 0 Å². The number of fused-ring (bicyclic) bond motifs is 1. The number of benzene rings is 2. The van der Waals surface area contributed by atoms with Crippen LogP contribution in [0.3, 0.4) is 0 Å². The molecule has 0 aliphatic rings. The van der Waals surface area contributed by atoms with Crippen LogP contribution in [0.15, 0.2) is 53.4 Å². The molecule has 170 valence electrons. The fourth-order valence-corrected chi connectivity index (χ4v) is 4.24. The summed E-state index contributed by atoms with van der Waals surface area (Å²) in [5.41, 5.74) is 1.86. The number of hydrogen-bond donors (Lipinski definition) is 0. The van der Waals surface area contributed by atoms with Crippen LogP contribution in [-0.2, 0) is 32.7 Å². The molecule has 32 heavy (non-hydrogen) atoms. The molecule has 0 saturated heterocycles. The molecule has 3 aromatic rings. The molecule has 0 radical (unpaired) electrons. The molecule has 0 bridgehead atoms. The number of rotatable bonds is 10. The van der Waals surface area contributed by atoms with Crippen molar-refractivity contribution in [1.82, 2.24) is 13.9 Å². The normalized spacial score (nSPS) is 11.8. The molecule has 2 aromatic carbocycles. The van der Waals surface area contributed by atoms with Crippen molar-refractivity contribution in [3.63, 3.8) is 0 Å². The summed E-state index contributed by atoms with van der Waals surface area (Å²) in [7, 11) is -0.632. The predicted octanol–water partition coefficient (Wildman–Crippen LogP) is 3.40. The van der Waals surface area contributed by atoms with Gasteiger partial charge in [0.05, 0.1) is 22.3 Å². The summed E-state index contributed by atoms with van der Waals surface area (Å²) in [5, 5.41) is 0. The van der Waals surface area contributed by atoms with Crippen LogP contribution in [0.2, 0.25) is 0 Å². The average Bonchev–Trinajstić information content (AvgIpc) is 3.13. The van der Waals surface area contributed by atoms with Gasteiger partial charge in [0.25, 0.3) is 0 Å². The van der Waals surface area contributed by atoms with Crippen molar-refractivity contribution in [2.24, 2.45) is 0 Å². The molecule has 1 heterocycles. The Hall–Kier alpha value is -3.04. The lowest BCUT2D eigenvalue weighted by Gasteiger charge is -2.11. The fraction of sp³-hybridized carbons (Fsp3) is 0.348. The lowest BCUT2D eigenvalue weighted by Crippen LogP contribution is -2.22. The number of Topliss-reactive ketones (excluding diaryl/α,β-unsaturated/α-hetero) is 1. The zero-order valence-electron chi connectivity index (χ0n) is 18.4. The Balaban J connectivity index is 1.72. The first kappa shape index (κ1) is 23.6. The Bertz CT molecular complexity index is 1220. The van der Waals surface area contributed by atoms with E-state index in [9.17, 15) is 18.0 Å². The molecule has 0 fully saturated rings. The van der Waals surface area contributed by atoms with E-state index in [1.54, 1.807) is 36.4 Å². The van der Waals surface area contributed by atoms with Crippen molar-refractivity contribution in [3.8, 4) is 0 Å². The lowest BCUT2D eigenvalue weighted by atomic mass is 10.1. The number of carbonyl (C=O) groups is 2. The van der Waals surface area contributed by atoms with Crippen LogP contribution in [0.25, 0.3) is 11.0 Å². The SMILES string of the molecule is CCCn1c(COC(=O)CCC(=O)c2ccccc2)nc2cc(S(=O)(=O)N(C)C)ccc21. The second kappa shape index (κ2) is 10.1. The summed E-state index contributed by atoms with van der Waals surface area (Å²) < 4.78 is 33.3. The van der Waals surface area contributed by atoms with Crippen LogP contribution < -0.4 is 0 Å². The van der Waals surface area contributed by atoms with E-state index in [-0.39, 0.29) is 30.1 Å². The van der Waals surface area contributed by atoms with Gasteiger partial charge >= 0.3 is 5.97 Å². The zero-order valence-corrected chi connectivity index (χ0v) is 19.3. The number of sulfonamides is 1. The second-order valence-electron chi connectivity index (χ2n) is 7.57. The van der Waals surface area contributed by atoms with Crippen molar-refractivity contribution in [1.29, 1.82) is 0 Å². The molecule has 0 N–H and O–H groups in total. The van der Waals surface area contributed by atoms with E-state index in [2.05, 4.69) is 4.98 Å². The molecule has 3 rings (SSSR count). The molecule has 0 atom stereocenters. The van der Waals surface area contributed by atoms with E-state index in [0.717, 1.165) is 16.2 Å². The fourth-order valence-electron chi connectivity index (χ4n) is 3.32. The highest BCUT2D eigenvalue weighted by Crippen LogP contribution is 2.23. The molecular weight excluding hydrogens is 430 g/mol. The van der Waals surface area contributed by atoms with Crippen molar-refractivity contribution < 1.29 is 22.7 Å². The van der Waals surface area contributed by atoms with Gasteiger partial charge < -0.3 is 9.30 Å². The van der Waals surface area contributed by atoms with Gasteiger partial charge in [-0.15, -0.1) is 0 Å². The van der Waals surface area contributed by atoms with Gasteiger partial charge in [0.2, 0.25) is 10.0 Å². The molecule has 0 aliphatic carbocycles. The van der Waals surface area contributed by atoms with E-state index < -0.39 is 16.0 Å². The maximum absolute atomic E-state index is 12.4. The molecule has 0 unspecified atom stereocenters. The molecule has 0 amide bonds. The minimum Gasteiger partial charge on any atom is -0.457 e. The number of aryl methyl sites for hydroxylation is 1. The third-order valence-electron chi connectivity index (χ3n) is 5.04. The van der Waals surface area contributed by atoms with E-state index in [1.807, 2.05) is 17.6 Å². The average molecular weight is 458 g/mol. The third-order valence-corrected chi connectivity index (χ3v) is 6.85. The molecule has 0 spiro atoms. The highest BCUT2D eigenvalue weighted by atomic mass is 32.2. The topological polar surface area (TPSA) is 98.6 Å². The van der Waals surface area contributed by atoms with Crippen LogP contribution in [0, 0.1) is 0 Å². The standard InChI is InChI=1S/C23H27N3O5S/c1-4-14-26-20-11-10-18(32(29,30)25(2)3)15-19(20)24-22(26)16-31-23(28)13-12-21(27)17-8-6-5-7-9-17/h5-11,15H,4,12-14,16H2,1-3H3. The maximum Gasteiger partial charge on any atom is 0.306 e. The molecule has 0 aliphatic heterocycles. The minimum atomic E-state index is -3.58. The van der Waals surface area contributed by atoms with Crippen LogP contribution >= 0.6 is 0 Å². The van der Waals surface area contributed by atoms with Crippen LogP contribution in [-0.4, -0.2) is 48.1 Å². The van der Waals surface area contributed by atoms with Gasteiger partial charge in [0.1, 0.15) is 12.4 Å². The van der Waals surface area contributed by atoms with E-state index >= 15 is 0 Å². The van der Waals surface area contributed by atoms with Crippen molar-refractivity contribution in [3.05, 3.63) is 59.9 Å². The highest BCUT2D eigenvalue weighted by molar-refractivity contribution is 7.89. The number of nitrogens with zero attached hydrogens (tertiary/aromatic N) is 3. The Kier molecular flexibility index (Phi) is 7.42. The van der Waals surface area contributed by atoms with Gasteiger partial charge in [0.15, 0.2) is 5.78 Å². The first-order valence-corrected chi connectivity index (χ1v) is 11.8. The molecular formula is C23H27N3O5S.